The molecule has 4 heteroatoms. The van der Waals surface area contributed by atoms with Gasteiger partial charge in [-0.3, -0.25) is 9.69 Å². The second-order valence-corrected chi connectivity index (χ2v) is 10.0. The molecule has 3 aromatic carbocycles. The molecule has 0 unspecified atom stereocenters. The number of rotatable bonds is 6. The molecule has 5 rings (SSSR count). The van der Waals surface area contributed by atoms with Gasteiger partial charge in [0, 0.05) is 25.2 Å². The van der Waals surface area contributed by atoms with E-state index in [2.05, 4.69) is 52.7 Å². The van der Waals surface area contributed by atoms with Crippen LogP contribution in [0.2, 0.25) is 0 Å². The Morgan fingerprint density at radius 3 is 2.71 bits per heavy atom. The molecule has 1 aliphatic heterocycles. The molecular weight excluding hydrogens is 430 g/mol. The zero-order chi connectivity index (χ0) is 24.0. The van der Waals surface area contributed by atoms with E-state index in [-0.39, 0.29) is 11.9 Å². The fraction of sp³-hybridized carbons (Fsp3) is 0.355. The zero-order valence-corrected chi connectivity index (χ0v) is 20.2. The minimum absolute atomic E-state index is 0.00733. The van der Waals surface area contributed by atoms with Gasteiger partial charge in [-0.2, -0.15) is 5.26 Å². The third-order valence-electron chi connectivity index (χ3n) is 7.71. The summed E-state index contributed by atoms with van der Waals surface area (Å²) < 4.78 is 0. The lowest BCUT2D eigenvalue weighted by Gasteiger charge is -2.33. The number of fused-ring (bicyclic) bond motifs is 2. The van der Waals surface area contributed by atoms with Gasteiger partial charge >= 0.3 is 0 Å². The number of hydrogen-bond acceptors (Lipinski definition) is 3. The molecule has 1 fully saturated rings. The number of nitrogens with zero attached hydrogens (tertiary/aromatic N) is 2. The predicted octanol–water partition coefficient (Wildman–Crippen LogP) is 5.85. The van der Waals surface area contributed by atoms with Crippen LogP contribution in [0, 0.1) is 17.2 Å². The smallest absolute Gasteiger partial charge is 0.244 e. The number of nitrogens with one attached hydrogen (secondary N) is 1. The Bertz CT molecular complexity index is 1260. The van der Waals surface area contributed by atoms with Gasteiger partial charge in [-0.25, -0.2) is 0 Å². The molecule has 1 aliphatic carbocycles. The van der Waals surface area contributed by atoms with Gasteiger partial charge in [0.1, 0.15) is 0 Å². The molecule has 0 saturated heterocycles. The Labute approximate surface area is 208 Å². The van der Waals surface area contributed by atoms with Crippen molar-refractivity contribution < 1.29 is 4.79 Å². The van der Waals surface area contributed by atoms with Crippen molar-refractivity contribution in [1.82, 2.24) is 10.2 Å². The third kappa shape index (κ3) is 5.81. The number of hydrogen-bond donors (Lipinski definition) is 1. The van der Waals surface area contributed by atoms with Gasteiger partial charge in [-0.1, -0.05) is 48.5 Å². The van der Waals surface area contributed by atoms with Crippen LogP contribution in [0.5, 0.6) is 0 Å². The Morgan fingerprint density at radius 1 is 1.03 bits per heavy atom. The highest BCUT2D eigenvalue weighted by molar-refractivity contribution is 5.96. The van der Waals surface area contributed by atoms with Crippen LogP contribution in [-0.2, 0) is 17.8 Å². The van der Waals surface area contributed by atoms with E-state index in [0.717, 1.165) is 55.9 Å². The quantitative estimate of drug-likeness (QED) is 0.467. The second-order valence-electron chi connectivity index (χ2n) is 10.0. The maximum Gasteiger partial charge on any atom is 0.244 e. The van der Waals surface area contributed by atoms with Crippen molar-refractivity contribution in [2.24, 2.45) is 5.92 Å². The van der Waals surface area contributed by atoms with Crippen LogP contribution < -0.4 is 5.32 Å². The zero-order valence-electron chi connectivity index (χ0n) is 20.2. The average molecular weight is 464 g/mol. The minimum atomic E-state index is 0.00733. The summed E-state index contributed by atoms with van der Waals surface area (Å²) in [5.41, 5.74) is 4.56. The highest BCUT2D eigenvalue weighted by Crippen LogP contribution is 2.28. The lowest BCUT2D eigenvalue weighted by molar-refractivity contribution is -0.117. The van der Waals surface area contributed by atoms with Gasteiger partial charge in [-0.05, 0) is 96.7 Å². The Balaban J connectivity index is 1.05. The summed E-state index contributed by atoms with van der Waals surface area (Å²) in [6.45, 7) is 3.21. The summed E-state index contributed by atoms with van der Waals surface area (Å²) in [6, 6.07) is 23.1. The maximum atomic E-state index is 12.6. The van der Waals surface area contributed by atoms with E-state index in [9.17, 15) is 4.79 Å². The highest BCUT2D eigenvalue weighted by Gasteiger charge is 2.23. The summed E-state index contributed by atoms with van der Waals surface area (Å²) in [4.78, 5) is 15.1. The summed E-state index contributed by atoms with van der Waals surface area (Å²) in [5.74, 6) is 0.754. The van der Waals surface area contributed by atoms with Crippen LogP contribution in [0.15, 0.2) is 66.7 Å². The first kappa shape index (κ1) is 23.3. The topological polar surface area (TPSA) is 56.1 Å². The van der Waals surface area contributed by atoms with E-state index >= 15 is 0 Å². The van der Waals surface area contributed by atoms with Crippen molar-refractivity contribution in [3.05, 3.63) is 89.0 Å². The van der Waals surface area contributed by atoms with Gasteiger partial charge in [0.05, 0.1) is 11.6 Å². The van der Waals surface area contributed by atoms with Crippen LogP contribution in [0.1, 0.15) is 54.4 Å². The fourth-order valence-corrected chi connectivity index (χ4v) is 5.64. The van der Waals surface area contributed by atoms with Gasteiger partial charge < -0.3 is 5.32 Å². The van der Waals surface area contributed by atoms with Crippen LogP contribution in [0.4, 0.5) is 0 Å². The van der Waals surface area contributed by atoms with Crippen molar-refractivity contribution in [3.8, 4) is 6.07 Å². The molecule has 178 valence electrons. The van der Waals surface area contributed by atoms with Crippen LogP contribution in [-0.4, -0.2) is 29.9 Å². The largest absolute Gasteiger partial charge is 0.350 e. The molecule has 0 spiro atoms. The second kappa shape index (κ2) is 10.9. The van der Waals surface area contributed by atoms with E-state index in [4.69, 9.17) is 5.26 Å². The van der Waals surface area contributed by atoms with E-state index in [1.807, 2.05) is 30.3 Å². The Morgan fingerprint density at radius 2 is 1.86 bits per heavy atom. The Kier molecular flexibility index (Phi) is 7.25. The summed E-state index contributed by atoms with van der Waals surface area (Å²) in [6.07, 6.45) is 10.4. The van der Waals surface area contributed by atoms with E-state index < -0.39 is 0 Å². The number of carbonyl (C=O) groups excluding carboxylic acids is 1. The van der Waals surface area contributed by atoms with E-state index in [1.54, 1.807) is 6.08 Å². The molecule has 0 radical (unpaired) electrons. The van der Waals surface area contributed by atoms with Gasteiger partial charge in [0.15, 0.2) is 0 Å². The van der Waals surface area contributed by atoms with Crippen LogP contribution in [0.3, 0.4) is 0 Å². The number of nitriles is 1. The summed E-state index contributed by atoms with van der Waals surface area (Å²) in [7, 11) is 0. The standard InChI is InChI=1S/C31H33N3O/c32-21-24-8-11-28-22-34(19-17-27(28)20-24)18-16-23-9-13-29(14-10-23)33-31(35)15-12-26-6-3-5-25-4-1-2-7-30(25)26/h1-8,11-12,15,20,23,29H,9-10,13-14,16-19,22H2,(H,33,35)/b15-12+. The molecule has 1 heterocycles. The lowest BCUT2D eigenvalue weighted by Crippen LogP contribution is -2.37. The van der Waals surface area contributed by atoms with E-state index in [0.29, 0.717) is 0 Å². The normalized spacial score (nSPS) is 20.4. The van der Waals surface area contributed by atoms with Crippen molar-refractivity contribution in [2.75, 3.05) is 13.1 Å². The summed E-state index contributed by atoms with van der Waals surface area (Å²) >= 11 is 0. The van der Waals surface area contributed by atoms with Gasteiger partial charge in [0.25, 0.3) is 0 Å². The highest BCUT2D eigenvalue weighted by atomic mass is 16.1. The van der Waals surface area contributed by atoms with Crippen molar-refractivity contribution in [2.45, 2.75) is 51.1 Å². The Hall–Kier alpha value is -3.42. The molecule has 1 amide bonds. The van der Waals surface area contributed by atoms with Crippen LogP contribution >= 0.6 is 0 Å². The molecule has 4 nitrogen and oxygen atoms in total. The van der Waals surface area contributed by atoms with Gasteiger partial charge in [0.2, 0.25) is 5.91 Å². The number of amides is 1. The molecule has 1 saturated carbocycles. The van der Waals surface area contributed by atoms with Crippen molar-refractivity contribution in [3.63, 3.8) is 0 Å². The van der Waals surface area contributed by atoms with Crippen molar-refractivity contribution in [1.29, 1.82) is 5.26 Å². The first-order valence-electron chi connectivity index (χ1n) is 12.9. The predicted molar refractivity (Wildman–Crippen MR) is 142 cm³/mol. The number of benzene rings is 3. The molecule has 1 N–H and O–H groups in total. The fourth-order valence-electron chi connectivity index (χ4n) is 5.64. The molecular formula is C31H33N3O. The molecule has 2 aliphatic rings. The minimum Gasteiger partial charge on any atom is -0.350 e. The molecule has 0 aromatic heterocycles. The number of carbonyl (C=O) groups is 1. The summed E-state index contributed by atoms with van der Waals surface area (Å²) in [5, 5.41) is 14.7. The molecule has 0 bridgehead atoms. The third-order valence-corrected chi connectivity index (χ3v) is 7.71. The molecule has 3 aromatic rings. The van der Waals surface area contributed by atoms with Gasteiger partial charge in [-0.15, -0.1) is 0 Å². The first-order valence-corrected chi connectivity index (χ1v) is 12.9. The monoisotopic (exact) mass is 463 g/mol. The first-order chi connectivity index (χ1) is 17.2. The van der Waals surface area contributed by atoms with E-state index in [1.165, 1.54) is 41.2 Å². The van der Waals surface area contributed by atoms with Crippen LogP contribution in [0.25, 0.3) is 16.8 Å². The lowest BCUT2D eigenvalue weighted by atomic mass is 9.84. The molecule has 0 atom stereocenters. The van der Waals surface area contributed by atoms with Crippen molar-refractivity contribution >= 4 is 22.8 Å². The maximum absolute atomic E-state index is 12.6. The molecule has 35 heavy (non-hydrogen) atoms. The average Bonchev–Trinajstić information content (AvgIpc) is 2.91. The SMILES string of the molecule is N#Cc1ccc2c(c1)CCN(CCC1CCC(NC(=O)/C=C/c3cccc4ccccc34)CC1)C2.